The van der Waals surface area contributed by atoms with Crippen LogP contribution in [0, 0.1) is 4.77 Å². The van der Waals surface area contributed by atoms with Gasteiger partial charge < -0.3 is 14.9 Å². The SMILES string of the molecule is CC(C)NC(=O)C(C)n1cc[nH]c1=S. The van der Waals surface area contributed by atoms with Crippen molar-refractivity contribution in [3.8, 4) is 0 Å². The van der Waals surface area contributed by atoms with Gasteiger partial charge in [-0.05, 0) is 33.0 Å². The minimum absolute atomic E-state index is 0.0179. The summed E-state index contributed by atoms with van der Waals surface area (Å²) < 4.78 is 2.30. The molecule has 1 aromatic rings. The number of carbonyl (C=O) groups is 1. The summed E-state index contributed by atoms with van der Waals surface area (Å²) in [5.74, 6) is -0.0179. The highest BCUT2D eigenvalue weighted by Gasteiger charge is 2.15. The van der Waals surface area contributed by atoms with E-state index in [1.54, 1.807) is 17.0 Å². The first-order valence-corrected chi connectivity index (χ1v) is 4.99. The van der Waals surface area contributed by atoms with E-state index in [0.29, 0.717) is 4.77 Å². The van der Waals surface area contributed by atoms with Crippen molar-refractivity contribution in [2.45, 2.75) is 32.9 Å². The number of nitrogens with one attached hydrogen (secondary N) is 2. The Bertz CT molecular complexity index is 366. The molecular weight excluding hydrogens is 198 g/mol. The quantitative estimate of drug-likeness (QED) is 0.750. The number of imidazole rings is 1. The van der Waals surface area contributed by atoms with Crippen LogP contribution in [-0.4, -0.2) is 21.5 Å². The Hall–Kier alpha value is -1.10. The van der Waals surface area contributed by atoms with E-state index in [9.17, 15) is 4.79 Å². The average molecular weight is 213 g/mol. The second-order valence-corrected chi connectivity index (χ2v) is 3.90. The first-order chi connectivity index (χ1) is 6.52. The Balaban J connectivity index is 2.76. The maximum Gasteiger partial charge on any atom is 0.243 e. The summed E-state index contributed by atoms with van der Waals surface area (Å²) in [5, 5.41) is 2.84. The van der Waals surface area contributed by atoms with Crippen molar-refractivity contribution in [1.82, 2.24) is 14.9 Å². The van der Waals surface area contributed by atoms with Crippen LogP contribution < -0.4 is 5.32 Å². The van der Waals surface area contributed by atoms with Gasteiger partial charge in [-0.2, -0.15) is 0 Å². The zero-order valence-corrected chi connectivity index (χ0v) is 9.39. The molecule has 0 saturated carbocycles. The van der Waals surface area contributed by atoms with E-state index in [4.69, 9.17) is 12.2 Å². The predicted molar refractivity (Wildman–Crippen MR) is 57.6 cm³/mol. The molecule has 0 aliphatic carbocycles. The third-order valence-electron chi connectivity index (χ3n) is 1.90. The monoisotopic (exact) mass is 213 g/mol. The molecule has 14 heavy (non-hydrogen) atoms. The molecule has 1 heterocycles. The lowest BCUT2D eigenvalue weighted by atomic mass is 10.3. The fraction of sp³-hybridized carbons (Fsp3) is 0.556. The zero-order chi connectivity index (χ0) is 10.7. The van der Waals surface area contributed by atoms with E-state index in [1.807, 2.05) is 20.8 Å². The molecule has 0 aliphatic rings. The molecule has 0 spiro atoms. The number of rotatable bonds is 3. The van der Waals surface area contributed by atoms with Crippen LogP contribution >= 0.6 is 12.2 Å². The molecule has 0 bridgehead atoms. The molecule has 2 N–H and O–H groups in total. The first kappa shape index (κ1) is 11.0. The molecule has 0 aromatic carbocycles. The van der Waals surface area contributed by atoms with E-state index in [-0.39, 0.29) is 18.0 Å². The summed E-state index contributed by atoms with van der Waals surface area (Å²) in [4.78, 5) is 14.5. The number of aromatic amines is 1. The fourth-order valence-corrected chi connectivity index (χ4v) is 1.45. The molecule has 1 atom stereocenters. The smallest absolute Gasteiger partial charge is 0.243 e. The van der Waals surface area contributed by atoms with E-state index in [1.165, 1.54) is 0 Å². The highest BCUT2D eigenvalue weighted by atomic mass is 32.1. The van der Waals surface area contributed by atoms with Gasteiger partial charge in [-0.15, -0.1) is 0 Å². The molecule has 1 rings (SSSR count). The van der Waals surface area contributed by atoms with E-state index >= 15 is 0 Å². The van der Waals surface area contributed by atoms with Crippen LogP contribution in [0.15, 0.2) is 12.4 Å². The van der Waals surface area contributed by atoms with Crippen molar-refractivity contribution < 1.29 is 4.79 Å². The average Bonchev–Trinajstić information content (AvgIpc) is 2.48. The van der Waals surface area contributed by atoms with Crippen molar-refractivity contribution in [2.75, 3.05) is 0 Å². The highest BCUT2D eigenvalue weighted by molar-refractivity contribution is 7.71. The summed E-state index contributed by atoms with van der Waals surface area (Å²) in [6, 6.07) is -0.116. The van der Waals surface area contributed by atoms with Crippen molar-refractivity contribution >= 4 is 18.1 Å². The van der Waals surface area contributed by atoms with Crippen molar-refractivity contribution in [3.05, 3.63) is 17.2 Å². The van der Waals surface area contributed by atoms with Crippen LogP contribution in [0.5, 0.6) is 0 Å². The maximum absolute atomic E-state index is 11.6. The molecule has 1 unspecified atom stereocenters. The zero-order valence-electron chi connectivity index (χ0n) is 8.57. The lowest BCUT2D eigenvalue weighted by Crippen LogP contribution is -2.35. The second kappa shape index (κ2) is 4.41. The largest absolute Gasteiger partial charge is 0.352 e. The number of carbonyl (C=O) groups excluding carboxylic acids is 1. The lowest BCUT2D eigenvalue weighted by molar-refractivity contribution is -0.124. The minimum Gasteiger partial charge on any atom is -0.352 e. The van der Waals surface area contributed by atoms with Gasteiger partial charge in [0.15, 0.2) is 4.77 Å². The Morgan fingerprint density at radius 2 is 2.21 bits per heavy atom. The van der Waals surface area contributed by atoms with Crippen molar-refractivity contribution in [2.24, 2.45) is 0 Å². The third-order valence-corrected chi connectivity index (χ3v) is 2.23. The van der Waals surface area contributed by atoms with Gasteiger partial charge in [0.05, 0.1) is 0 Å². The van der Waals surface area contributed by atoms with Crippen molar-refractivity contribution in [3.63, 3.8) is 0 Å². The molecule has 1 amide bonds. The second-order valence-electron chi connectivity index (χ2n) is 3.51. The van der Waals surface area contributed by atoms with Crippen LogP contribution in [-0.2, 0) is 4.79 Å². The summed E-state index contributed by atoms with van der Waals surface area (Å²) in [5.41, 5.74) is 0. The van der Waals surface area contributed by atoms with Gasteiger partial charge in [-0.3, -0.25) is 4.79 Å². The van der Waals surface area contributed by atoms with Gasteiger partial charge >= 0.3 is 0 Å². The van der Waals surface area contributed by atoms with Gasteiger partial charge in [-0.25, -0.2) is 0 Å². The first-order valence-electron chi connectivity index (χ1n) is 4.58. The van der Waals surface area contributed by atoms with Gasteiger partial charge in [-0.1, -0.05) is 0 Å². The number of amides is 1. The summed E-state index contributed by atoms with van der Waals surface area (Å²) in [7, 11) is 0. The minimum atomic E-state index is -0.267. The Kier molecular flexibility index (Phi) is 3.46. The molecule has 0 saturated heterocycles. The van der Waals surface area contributed by atoms with Gasteiger partial charge in [0, 0.05) is 18.4 Å². The van der Waals surface area contributed by atoms with Gasteiger partial charge in [0.1, 0.15) is 6.04 Å². The summed E-state index contributed by atoms with van der Waals surface area (Å²) >= 11 is 5.02. The highest BCUT2D eigenvalue weighted by Crippen LogP contribution is 2.06. The molecule has 78 valence electrons. The van der Waals surface area contributed by atoms with Crippen LogP contribution in [0.25, 0.3) is 0 Å². The van der Waals surface area contributed by atoms with Gasteiger partial charge in [0.2, 0.25) is 5.91 Å². The summed E-state index contributed by atoms with van der Waals surface area (Å²) in [6.45, 7) is 5.68. The standard InChI is InChI=1S/C9H15N3OS/c1-6(2)11-8(13)7(3)12-5-4-10-9(12)14/h4-7H,1-3H3,(H,10,14)(H,11,13). The lowest BCUT2D eigenvalue weighted by Gasteiger charge is -2.15. The third kappa shape index (κ3) is 2.45. The number of hydrogen-bond acceptors (Lipinski definition) is 2. The molecule has 1 aromatic heterocycles. The summed E-state index contributed by atoms with van der Waals surface area (Å²) in [6.07, 6.45) is 3.49. The van der Waals surface area contributed by atoms with Crippen molar-refractivity contribution in [1.29, 1.82) is 0 Å². The maximum atomic E-state index is 11.6. The Morgan fingerprint density at radius 3 is 2.64 bits per heavy atom. The topological polar surface area (TPSA) is 49.8 Å². The van der Waals surface area contributed by atoms with E-state index in [2.05, 4.69) is 10.3 Å². The Labute approximate surface area is 88.3 Å². The molecule has 0 aliphatic heterocycles. The number of hydrogen-bond donors (Lipinski definition) is 2. The van der Waals surface area contributed by atoms with E-state index < -0.39 is 0 Å². The fourth-order valence-electron chi connectivity index (χ4n) is 1.17. The molecule has 5 heteroatoms. The van der Waals surface area contributed by atoms with Crippen LogP contribution in [0.4, 0.5) is 0 Å². The molecule has 0 fully saturated rings. The number of aromatic nitrogens is 2. The number of H-pyrrole nitrogens is 1. The predicted octanol–water partition coefficient (Wildman–Crippen LogP) is 1.63. The van der Waals surface area contributed by atoms with Crippen LogP contribution in [0.2, 0.25) is 0 Å². The van der Waals surface area contributed by atoms with Crippen LogP contribution in [0.3, 0.4) is 0 Å². The van der Waals surface area contributed by atoms with Gasteiger partial charge in [0.25, 0.3) is 0 Å². The molecular formula is C9H15N3OS. The van der Waals surface area contributed by atoms with E-state index in [0.717, 1.165) is 0 Å². The molecule has 4 nitrogen and oxygen atoms in total. The van der Waals surface area contributed by atoms with Crippen LogP contribution in [0.1, 0.15) is 26.8 Å². The number of nitrogens with zero attached hydrogens (tertiary/aromatic N) is 1. The normalized spacial score (nSPS) is 12.9. The Morgan fingerprint density at radius 1 is 1.57 bits per heavy atom. The molecule has 0 radical (unpaired) electrons.